The number of amides is 3. The van der Waals surface area contributed by atoms with Gasteiger partial charge in [0.1, 0.15) is 6.04 Å². The van der Waals surface area contributed by atoms with Crippen molar-refractivity contribution >= 4 is 33.5 Å². The summed E-state index contributed by atoms with van der Waals surface area (Å²) in [4.78, 5) is 54.0. The predicted molar refractivity (Wildman–Crippen MR) is 118 cm³/mol. The first-order valence-electron chi connectivity index (χ1n) is 12.2. The average Bonchev–Trinajstić information content (AvgIpc) is 3.28. The molecule has 2 saturated heterocycles. The molecule has 2 saturated carbocycles. The monoisotopic (exact) mass is 482 g/mol. The highest BCUT2D eigenvalue weighted by molar-refractivity contribution is 7.91. The largest absolute Gasteiger partial charge is 0.454 e. The van der Waals surface area contributed by atoms with Crippen molar-refractivity contribution in [3.05, 3.63) is 0 Å². The van der Waals surface area contributed by atoms with Gasteiger partial charge in [-0.1, -0.05) is 32.1 Å². The Balaban J connectivity index is 1.40. The quantitative estimate of drug-likeness (QED) is 0.415. The molecule has 0 aromatic rings. The Morgan fingerprint density at radius 3 is 2.06 bits per heavy atom. The molecule has 0 aromatic heterocycles. The molecule has 0 spiro atoms. The summed E-state index contributed by atoms with van der Waals surface area (Å²) in [5.74, 6) is -2.53. The fraction of sp³-hybridized carbons (Fsp3) is 0.826. The third-order valence-corrected chi connectivity index (χ3v) is 9.55. The Bertz CT molecular complexity index is 888. The van der Waals surface area contributed by atoms with Crippen molar-refractivity contribution in [1.82, 2.24) is 9.80 Å². The van der Waals surface area contributed by atoms with Crippen molar-refractivity contribution in [2.24, 2.45) is 11.8 Å². The third kappa shape index (κ3) is 4.95. The van der Waals surface area contributed by atoms with E-state index in [1.54, 1.807) is 4.90 Å². The van der Waals surface area contributed by atoms with Gasteiger partial charge >= 0.3 is 5.97 Å². The van der Waals surface area contributed by atoms with Gasteiger partial charge < -0.3 is 9.64 Å². The summed E-state index contributed by atoms with van der Waals surface area (Å²) in [6.45, 7) is 0.946. The van der Waals surface area contributed by atoms with E-state index < -0.39 is 40.4 Å². The van der Waals surface area contributed by atoms with E-state index in [4.69, 9.17) is 4.74 Å². The minimum Gasteiger partial charge on any atom is -0.454 e. The molecule has 9 nitrogen and oxygen atoms in total. The molecule has 0 N–H and O–H groups in total. The lowest BCUT2D eigenvalue weighted by atomic mass is 9.81. The van der Waals surface area contributed by atoms with Crippen LogP contribution in [0.1, 0.15) is 71.1 Å². The van der Waals surface area contributed by atoms with Gasteiger partial charge in [-0.3, -0.25) is 19.3 Å². The van der Waals surface area contributed by atoms with E-state index in [0.29, 0.717) is 19.3 Å². The maximum absolute atomic E-state index is 13.1. The van der Waals surface area contributed by atoms with Crippen LogP contribution in [0.25, 0.3) is 0 Å². The second-order valence-corrected chi connectivity index (χ2v) is 12.2. The number of carbonyl (C=O) groups is 4. The number of hydrogen-bond acceptors (Lipinski definition) is 7. The van der Waals surface area contributed by atoms with Crippen LogP contribution in [-0.4, -0.2) is 78.1 Å². The normalized spacial score (nSPS) is 30.7. The van der Waals surface area contributed by atoms with Gasteiger partial charge in [0, 0.05) is 12.1 Å². The van der Waals surface area contributed by atoms with Crippen molar-refractivity contribution < 1.29 is 32.3 Å². The van der Waals surface area contributed by atoms with E-state index in [2.05, 4.69) is 0 Å². The molecule has 4 rings (SSSR count). The number of ether oxygens (including phenoxy) is 1. The third-order valence-electron chi connectivity index (χ3n) is 7.80. The maximum atomic E-state index is 13.1. The van der Waals surface area contributed by atoms with E-state index >= 15 is 0 Å². The van der Waals surface area contributed by atoms with Crippen LogP contribution in [0.3, 0.4) is 0 Å². The van der Waals surface area contributed by atoms with Crippen LogP contribution in [0.4, 0.5) is 0 Å². The Morgan fingerprint density at radius 2 is 1.52 bits per heavy atom. The highest BCUT2D eigenvalue weighted by Crippen LogP contribution is 2.39. The zero-order valence-corrected chi connectivity index (χ0v) is 20.1. The van der Waals surface area contributed by atoms with Crippen LogP contribution in [-0.2, 0) is 33.8 Å². The first kappa shape index (κ1) is 24.2. The summed E-state index contributed by atoms with van der Waals surface area (Å²) in [5.41, 5.74) is 0. The molecule has 2 heterocycles. The Morgan fingerprint density at radius 1 is 0.939 bits per heavy atom. The first-order chi connectivity index (χ1) is 15.7. The fourth-order valence-electron chi connectivity index (χ4n) is 6.06. The molecule has 3 unspecified atom stereocenters. The van der Waals surface area contributed by atoms with Gasteiger partial charge in [-0.25, -0.2) is 13.2 Å². The zero-order valence-electron chi connectivity index (χ0n) is 19.2. The average molecular weight is 483 g/mol. The lowest BCUT2D eigenvalue weighted by molar-refractivity contribution is -0.162. The molecule has 0 radical (unpaired) electrons. The molecule has 10 heteroatoms. The maximum Gasteiger partial charge on any atom is 0.329 e. The number of sulfone groups is 1. The number of rotatable bonds is 6. The lowest BCUT2D eigenvalue weighted by Crippen LogP contribution is -2.51. The SMILES string of the molecule is C[C@@H](C(=O)OCC(=O)N(C1CCCCC1)C1CCS(=O)(=O)C1)N1C(=O)C2CCCCC2C1=O. The van der Waals surface area contributed by atoms with Gasteiger partial charge in [-0.2, -0.15) is 0 Å². The van der Waals surface area contributed by atoms with Crippen LogP contribution in [0.2, 0.25) is 0 Å². The second-order valence-electron chi connectivity index (χ2n) is 9.98. The van der Waals surface area contributed by atoms with Crippen molar-refractivity contribution in [1.29, 1.82) is 0 Å². The molecule has 2 aliphatic carbocycles. The number of hydrogen-bond donors (Lipinski definition) is 0. The van der Waals surface area contributed by atoms with Gasteiger partial charge in [0.15, 0.2) is 16.4 Å². The van der Waals surface area contributed by atoms with Crippen LogP contribution in [0, 0.1) is 11.8 Å². The van der Waals surface area contributed by atoms with Crippen molar-refractivity contribution in [2.45, 2.75) is 89.3 Å². The molecule has 4 atom stereocenters. The van der Waals surface area contributed by atoms with Crippen LogP contribution in [0.15, 0.2) is 0 Å². The van der Waals surface area contributed by atoms with Crippen LogP contribution in [0.5, 0.6) is 0 Å². The minimum atomic E-state index is -3.17. The molecule has 4 fully saturated rings. The Labute approximate surface area is 195 Å². The van der Waals surface area contributed by atoms with Gasteiger partial charge in [-0.05, 0) is 39.0 Å². The summed E-state index contributed by atoms with van der Waals surface area (Å²) in [6, 6.07) is -1.53. The molecular weight excluding hydrogens is 448 g/mol. The highest BCUT2D eigenvalue weighted by Gasteiger charge is 2.51. The molecule has 33 heavy (non-hydrogen) atoms. The molecule has 0 bridgehead atoms. The van der Waals surface area contributed by atoms with E-state index in [-0.39, 0.29) is 41.2 Å². The summed E-state index contributed by atoms with van der Waals surface area (Å²) < 4.78 is 29.3. The molecule has 4 aliphatic rings. The minimum absolute atomic E-state index is 0.0504. The van der Waals surface area contributed by atoms with E-state index in [1.165, 1.54) is 6.92 Å². The van der Waals surface area contributed by atoms with Crippen LogP contribution >= 0.6 is 0 Å². The number of esters is 1. The van der Waals surface area contributed by atoms with Gasteiger partial charge in [0.2, 0.25) is 11.8 Å². The molecule has 2 aliphatic heterocycles. The number of nitrogens with zero attached hydrogens (tertiary/aromatic N) is 2. The smallest absolute Gasteiger partial charge is 0.329 e. The van der Waals surface area contributed by atoms with Crippen molar-refractivity contribution in [2.75, 3.05) is 18.1 Å². The number of carbonyl (C=O) groups excluding carboxylic acids is 4. The lowest BCUT2D eigenvalue weighted by Gasteiger charge is -2.38. The van der Waals surface area contributed by atoms with E-state index in [9.17, 15) is 27.6 Å². The standard InChI is InChI=1S/C23H34N2O7S/c1-15(24-21(27)18-9-5-6-10-19(18)22(24)28)23(29)32-13-20(26)25(16-7-3-2-4-8-16)17-11-12-33(30,31)14-17/h15-19H,2-14H2,1H3/t15-,17?,18?,19?/m0/s1. The summed E-state index contributed by atoms with van der Waals surface area (Å²) in [5, 5.41) is 0. The van der Waals surface area contributed by atoms with Gasteiger partial charge in [0.05, 0.1) is 23.3 Å². The van der Waals surface area contributed by atoms with E-state index in [1.807, 2.05) is 0 Å². The van der Waals surface area contributed by atoms with Crippen molar-refractivity contribution in [3.8, 4) is 0 Å². The number of imide groups is 1. The topological polar surface area (TPSA) is 118 Å². The predicted octanol–water partition coefficient (Wildman–Crippen LogP) is 1.44. The highest BCUT2D eigenvalue weighted by atomic mass is 32.2. The molecule has 184 valence electrons. The fourth-order valence-corrected chi connectivity index (χ4v) is 7.77. The van der Waals surface area contributed by atoms with E-state index in [0.717, 1.165) is 49.8 Å². The zero-order chi connectivity index (χ0) is 23.8. The second kappa shape index (κ2) is 9.72. The van der Waals surface area contributed by atoms with Crippen LogP contribution < -0.4 is 0 Å². The summed E-state index contributed by atoms with van der Waals surface area (Å²) in [7, 11) is -3.17. The van der Waals surface area contributed by atoms with Gasteiger partial charge in [-0.15, -0.1) is 0 Å². The van der Waals surface area contributed by atoms with Gasteiger partial charge in [0.25, 0.3) is 5.91 Å². The summed E-state index contributed by atoms with van der Waals surface area (Å²) in [6.07, 6.45) is 8.18. The Hall–Kier alpha value is -1.97. The number of likely N-dealkylation sites (tertiary alicyclic amines) is 1. The molecular formula is C23H34N2O7S. The summed E-state index contributed by atoms with van der Waals surface area (Å²) >= 11 is 0. The molecule has 0 aromatic carbocycles. The first-order valence-corrected chi connectivity index (χ1v) is 14.1. The Kier molecular flexibility index (Phi) is 7.12. The number of fused-ring (bicyclic) bond motifs is 1. The molecule has 3 amide bonds. The van der Waals surface area contributed by atoms with Crippen molar-refractivity contribution in [3.63, 3.8) is 0 Å².